The Hall–Kier alpha value is -1.06. The van der Waals surface area contributed by atoms with Crippen molar-refractivity contribution in [2.45, 2.75) is 25.3 Å². The molecule has 0 spiro atoms. The molecule has 0 unspecified atom stereocenters. The van der Waals surface area contributed by atoms with Gasteiger partial charge in [0.2, 0.25) is 0 Å². The van der Waals surface area contributed by atoms with Crippen LogP contribution < -0.4 is 0 Å². The van der Waals surface area contributed by atoms with Gasteiger partial charge in [0.15, 0.2) is 0 Å². The molecule has 17 heavy (non-hydrogen) atoms. The number of aliphatic hydroxyl groups is 1. The molecule has 1 aromatic rings. The maximum absolute atomic E-state index is 12.3. The summed E-state index contributed by atoms with van der Waals surface area (Å²) in [6.45, 7) is 0.770. The first-order valence-corrected chi connectivity index (χ1v) is 6.27. The van der Waals surface area contributed by atoms with Crippen LogP contribution in [-0.4, -0.2) is 35.1 Å². The smallest absolute Gasteiger partial charge is 0.254 e. The first-order valence-electron chi connectivity index (χ1n) is 5.90. The third-order valence-electron chi connectivity index (χ3n) is 3.19. The van der Waals surface area contributed by atoms with Crippen LogP contribution in [0.15, 0.2) is 24.3 Å². The SMILES string of the molecule is O=C(c1ccc(Cl)cc1)N1CCCC[C@H]1CO. The van der Waals surface area contributed by atoms with E-state index < -0.39 is 0 Å². The van der Waals surface area contributed by atoms with Gasteiger partial charge in [0, 0.05) is 17.1 Å². The monoisotopic (exact) mass is 253 g/mol. The fraction of sp³-hybridized carbons (Fsp3) is 0.462. The molecule has 1 heterocycles. The predicted octanol–water partition coefficient (Wildman–Crippen LogP) is 2.33. The molecule has 3 nitrogen and oxygen atoms in total. The van der Waals surface area contributed by atoms with Crippen molar-refractivity contribution in [3.05, 3.63) is 34.9 Å². The summed E-state index contributed by atoms with van der Waals surface area (Å²) in [5.41, 5.74) is 0.634. The molecule has 4 heteroatoms. The number of benzene rings is 1. The van der Waals surface area contributed by atoms with Crippen molar-refractivity contribution in [3.8, 4) is 0 Å². The van der Waals surface area contributed by atoms with Crippen molar-refractivity contribution >= 4 is 17.5 Å². The lowest BCUT2D eigenvalue weighted by molar-refractivity contribution is 0.0503. The minimum Gasteiger partial charge on any atom is -0.394 e. The van der Waals surface area contributed by atoms with Gasteiger partial charge in [-0.05, 0) is 43.5 Å². The highest BCUT2D eigenvalue weighted by atomic mass is 35.5. The number of hydrogen-bond donors (Lipinski definition) is 1. The van der Waals surface area contributed by atoms with Crippen molar-refractivity contribution in [3.63, 3.8) is 0 Å². The van der Waals surface area contributed by atoms with E-state index in [9.17, 15) is 9.90 Å². The number of halogens is 1. The Morgan fingerprint density at radius 2 is 2.06 bits per heavy atom. The molecule has 1 aliphatic heterocycles. The molecule has 1 aromatic carbocycles. The molecule has 1 saturated heterocycles. The first kappa shape index (κ1) is 12.4. The maximum Gasteiger partial charge on any atom is 0.254 e. The standard InChI is InChI=1S/C13H16ClNO2/c14-11-6-4-10(5-7-11)13(17)15-8-2-1-3-12(15)9-16/h4-7,12,16H,1-3,8-9H2/t12-/m0/s1. The molecule has 0 bridgehead atoms. The predicted molar refractivity (Wildman–Crippen MR) is 67.2 cm³/mol. The van der Waals surface area contributed by atoms with E-state index in [2.05, 4.69) is 0 Å². The van der Waals surface area contributed by atoms with E-state index in [0.29, 0.717) is 10.6 Å². The van der Waals surface area contributed by atoms with Crippen LogP contribution >= 0.6 is 11.6 Å². The largest absolute Gasteiger partial charge is 0.394 e. The molecular weight excluding hydrogens is 238 g/mol. The molecule has 0 aliphatic carbocycles. The van der Waals surface area contributed by atoms with Crippen LogP contribution in [0.4, 0.5) is 0 Å². The molecule has 0 saturated carbocycles. The fourth-order valence-electron chi connectivity index (χ4n) is 2.22. The van der Waals surface area contributed by atoms with Gasteiger partial charge in [-0.3, -0.25) is 4.79 Å². The van der Waals surface area contributed by atoms with Crippen LogP contribution in [0.2, 0.25) is 5.02 Å². The van der Waals surface area contributed by atoms with Gasteiger partial charge in [0.25, 0.3) is 5.91 Å². The lowest BCUT2D eigenvalue weighted by Gasteiger charge is -2.34. The Labute approximate surface area is 106 Å². The highest BCUT2D eigenvalue weighted by molar-refractivity contribution is 6.30. The second kappa shape index (κ2) is 5.52. The summed E-state index contributed by atoms with van der Waals surface area (Å²) in [5, 5.41) is 9.91. The number of aliphatic hydroxyl groups excluding tert-OH is 1. The zero-order chi connectivity index (χ0) is 12.3. The molecule has 92 valence electrons. The number of hydrogen-bond acceptors (Lipinski definition) is 2. The normalized spacial score (nSPS) is 20.4. The highest BCUT2D eigenvalue weighted by Gasteiger charge is 2.26. The average Bonchev–Trinajstić information content (AvgIpc) is 2.39. The second-order valence-electron chi connectivity index (χ2n) is 4.34. The van der Waals surface area contributed by atoms with Crippen LogP contribution in [-0.2, 0) is 0 Å². The molecule has 1 aliphatic rings. The Morgan fingerprint density at radius 3 is 2.71 bits per heavy atom. The summed E-state index contributed by atoms with van der Waals surface area (Å²) in [6.07, 6.45) is 2.97. The van der Waals surface area contributed by atoms with Gasteiger partial charge in [0.05, 0.1) is 12.6 Å². The summed E-state index contributed by atoms with van der Waals surface area (Å²) >= 11 is 5.79. The summed E-state index contributed by atoms with van der Waals surface area (Å²) in [5.74, 6) is -0.0135. The van der Waals surface area contributed by atoms with Crippen LogP contribution in [0.5, 0.6) is 0 Å². The van der Waals surface area contributed by atoms with Gasteiger partial charge in [-0.15, -0.1) is 0 Å². The number of likely N-dealkylation sites (tertiary alicyclic amines) is 1. The van der Waals surface area contributed by atoms with Crippen molar-refractivity contribution in [1.82, 2.24) is 4.90 Å². The van der Waals surface area contributed by atoms with Gasteiger partial charge in [-0.1, -0.05) is 11.6 Å². The van der Waals surface area contributed by atoms with E-state index in [4.69, 9.17) is 11.6 Å². The van der Waals surface area contributed by atoms with Crippen molar-refractivity contribution in [1.29, 1.82) is 0 Å². The van der Waals surface area contributed by atoms with E-state index >= 15 is 0 Å². The fourth-order valence-corrected chi connectivity index (χ4v) is 2.34. The number of rotatable bonds is 2. The zero-order valence-electron chi connectivity index (χ0n) is 9.60. The van der Waals surface area contributed by atoms with E-state index in [0.717, 1.165) is 25.8 Å². The lowest BCUT2D eigenvalue weighted by Crippen LogP contribution is -2.45. The van der Waals surface area contributed by atoms with Gasteiger partial charge >= 0.3 is 0 Å². The molecule has 1 fully saturated rings. The van der Waals surface area contributed by atoms with Crippen LogP contribution in [0, 0.1) is 0 Å². The van der Waals surface area contributed by atoms with Crippen molar-refractivity contribution < 1.29 is 9.90 Å². The van der Waals surface area contributed by atoms with Crippen molar-refractivity contribution in [2.75, 3.05) is 13.2 Å². The van der Waals surface area contributed by atoms with Crippen molar-refractivity contribution in [2.24, 2.45) is 0 Å². The van der Waals surface area contributed by atoms with E-state index in [1.807, 2.05) is 0 Å². The van der Waals surface area contributed by atoms with Crippen LogP contribution in [0.25, 0.3) is 0 Å². The number of carbonyl (C=O) groups is 1. The van der Waals surface area contributed by atoms with E-state index in [1.165, 1.54) is 0 Å². The number of piperidine rings is 1. The van der Waals surface area contributed by atoms with Gasteiger partial charge in [-0.2, -0.15) is 0 Å². The molecule has 1 N–H and O–H groups in total. The van der Waals surface area contributed by atoms with Gasteiger partial charge < -0.3 is 10.0 Å². The van der Waals surface area contributed by atoms with Gasteiger partial charge in [-0.25, -0.2) is 0 Å². The minimum atomic E-state index is -0.0353. The molecule has 0 radical (unpaired) electrons. The molecule has 1 amide bonds. The maximum atomic E-state index is 12.3. The van der Waals surface area contributed by atoms with Crippen LogP contribution in [0.3, 0.4) is 0 Å². The number of carbonyl (C=O) groups excluding carboxylic acids is 1. The minimum absolute atomic E-state index is 0.0135. The third kappa shape index (κ3) is 2.79. The first-order chi connectivity index (χ1) is 8.22. The summed E-state index contributed by atoms with van der Waals surface area (Å²) in [7, 11) is 0. The van der Waals surface area contributed by atoms with E-state index in [1.54, 1.807) is 29.2 Å². The zero-order valence-corrected chi connectivity index (χ0v) is 10.4. The topological polar surface area (TPSA) is 40.5 Å². The Kier molecular flexibility index (Phi) is 4.02. The average molecular weight is 254 g/mol. The molecule has 2 rings (SSSR count). The highest BCUT2D eigenvalue weighted by Crippen LogP contribution is 2.20. The Morgan fingerprint density at radius 1 is 1.35 bits per heavy atom. The van der Waals surface area contributed by atoms with E-state index in [-0.39, 0.29) is 18.6 Å². The summed E-state index contributed by atoms with van der Waals surface area (Å²) in [6, 6.07) is 6.85. The summed E-state index contributed by atoms with van der Waals surface area (Å²) < 4.78 is 0. The molecule has 0 aromatic heterocycles. The second-order valence-corrected chi connectivity index (χ2v) is 4.77. The Bertz CT molecular complexity index is 391. The Balaban J connectivity index is 2.15. The quantitative estimate of drug-likeness (QED) is 0.879. The third-order valence-corrected chi connectivity index (χ3v) is 3.44. The molecular formula is C13H16ClNO2. The number of nitrogens with zero attached hydrogens (tertiary/aromatic N) is 1. The summed E-state index contributed by atoms with van der Waals surface area (Å²) in [4.78, 5) is 14.0. The molecule has 1 atom stereocenters. The van der Waals surface area contributed by atoms with Gasteiger partial charge in [0.1, 0.15) is 0 Å². The van der Waals surface area contributed by atoms with Crippen LogP contribution in [0.1, 0.15) is 29.6 Å². The number of amides is 1. The lowest BCUT2D eigenvalue weighted by atomic mass is 10.0.